The third kappa shape index (κ3) is 4.50. The van der Waals surface area contributed by atoms with Crippen LogP contribution < -0.4 is 5.32 Å². The number of carboxylic acids is 1. The Morgan fingerprint density at radius 2 is 1.66 bits per heavy atom. The van der Waals surface area contributed by atoms with Crippen molar-refractivity contribution in [2.75, 3.05) is 19.7 Å². The third-order valence-corrected chi connectivity index (χ3v) is 7.68. The molecule has 35 heavy (non-hydrogen) atoms. The fourth-order valence-corrected chi connectivity index (χ4v) is 5.97. The van der Waals surface area contributed by atoms with Crippen molar-refractivity contribution >= 4 is 18.0 Å². The van der Waals surface area contributed by atoms with Crippen LogP contribution in [0.5, 0.6) is 0 Å². The molecule has 3 unspecified atom stereocenters. The Morgan fingerprint density at radius 1 is 1.00 bits per heavy atom. The number of hydrogen-bond acceptors (Lipinski definition) is 5. The summed E-state index contributed by atoms with van der Waals surface area (Å²) in [7, 11) is 0. The molecule has 1 saturated heterocycles. The SMILES string of the molecule is O=C(NCC1CCCC1C(=O)N1CC(O)C[C@H]1C(=O)O)OCC1c2ccccc2-c2ccccc21. The molecule has 1 saturated carbocycles. The van der Waals surface area contributed by atoms with Crippen LogP contribution in [-0.4, -0.2) is 64.9 Å². The van der Waals surface area contributed by atoms with Crippen LogP contribution in [0.15, 0.2) is 48.5 Å². The first-order chi connectivity index (χ1) is 16.9. The maximum atomic E-state index is 13.1. The summed E-state index contributed by atoms with van der Waals surface area (Å²) in [6.07, 6.45) is 0.963. The second-order valence-electron chi connectivity index (χ2n) is 9.74. The number of rotatable bonds is 6. The van der Waals surface area contributed by atoms with Crippen molar-refractivity contribution in [3.05, 3.63) is 59.7 Å². The van der Waals surface area contributed by atoms with E-state index in [0.717, 1.165) is 35.1 Å². The highest BCUT2D eigenvalue weighted by molar-refractivity contribution is 5.86. The number of carbonyl (C=O) groups is 3. The fourth-order valence-electron chi connectivity index (χ4n) is 5.97. The Kier molecular flexibility index (Phi) is 6.47. The van der Waals surface area contributed by atoms with Gasteiger partial charge in [-0.1, -0.05) is 55.0 Å². The van der Waals surface area contributed by atoms with Crippen LogP contribution in [0.25, 0.3) is 11.1 Å². The number of benzene rings is 2. The smallest absolute Gasteiger partial charge is 0.407 e. The number of aliphatic carboxylic acids is 1. The van der Waals surface area contributed by atoms with Gasteiger partial charge in [0, 0.05) is 31.3 Å². The first-order valence-corrected chi connectivity index (χ1v) is 12.2. The van der Waals surface area contributed by atoms with Crippen molar-refractivity contribution in [1.82, 2.24) is 10.2 Å². The number of aliphatic hydroxyl groups is 1. The van der Waals surface area contributed by atoms with Crippen LogP contribution in [0.4, 0.5) is 4.79 Å². The topological polar surface area (TPSA) is 116 Å². The van der Waals surface area contributed by atoms with E-state index in [1.165, 1.54) is 4.90 Å². The van der Waals surface area contributed by atoms with E-state index >= 15 is 0 Å². The number of ether oxygens (including phenoxy) is 1. The molecule has 0 bridgehead atoms. The van der Waals surface area contributed by atoms with Crippen molar-refractivity contribution in [3.63, 3.8) is 0 Å². The van der Waals surface area contributed by atoms with Crippen LogP contribution in [0.3, 0.4) is 0 Å². The molecule has 1 heterocycles. The molecular weight excluding hydrogens is 448 g/mol. The summed E-state index contributed by atoms with van der Waals surface area (Å²) in [4.78, 5) is 38.5. The number of nitrogens with one attached hydrogen (secondary N) is 1. The zero-order chi connectivity index (χ0) is 24.5. The molecule has 5 rings (SSSR count). The van der Waals surface area contributed by atoms with E-state index in [4.69, 9.17) is 4.74 Å². The lowest BCUT2D eigenvalue weighted by molar-refractivity contribution is -0.150. The molecule has 1 aliphatic heterocycles. The van der Waals surface area contributed by atoms with Crippen LogP contribution in [0, 0.1) is 11.8 Å². The summed E-state index contributed by atoms with van der Waals surface area (Å²) in [6, 6.07) is 15.3. The number of fused-ring (bicyclic) bond motifs is 3. The standard InChI is InChI=1S/C27H30N2O6/c30-17-12-24(26(32)33)29(14-17)25(31)18-11-5-6-16(18)13-28-27(34)35-15-23-21-9-3-1-7-19(21)20-8-2-4-10-22(20)23/h1-4,7-10,16-18,23-24,30H,5-6,11-15H2,(H,28,34)(H,32,33)/t16?,17?,18?,24-/m0/s1. The summed E-state index contributed by atoms with van der Waals surface area (Å²) < 4.78 is 5.60. The molecule has 0 radical (unpaired) electrons. The highest BCUT2D eigenvalue weighted by Gasteiger charge is 2.44. The number of carboxylic acid groups (broad SMARTS) is 1. The van der Waals surface area contributed by atoms with E-state index in [1.54, 1.807) is 0 Å². The monoisotopic (exact) mass is 478 g/mol. The molecule has 2 amide bonds. The zero-order valence-electron chi connectivity index (χ0n) is 19.4. The van der Waals surface area contributed by atoms with Gasteiger partial charge in [-0.2, -0.15) is 0 Å². The number of carbonyl (C=O) groups excluding carboxylic acids is 2. The van der Waals surface area contributed by atoms with Gasteiger partial charge < -0.3 is 25.2 Å². The first-order valence-electron chi connectivity index (χ1n) is 12.2. The van der Waals surface area contributed by atoms with Gasteiger partial charge in [0.05, 0.1) is 6.10 Å². The van der Waals surface area contributed by atoms with Gasteiger partial charge in [0.15, 0.2) is 0 Å². The van der Waals surface area contributed by atoms with Gasteiger partial charge in [0.1, 0.15) is 12.6 Å². The molecule has 3 aliphatic rings. The Morgan fingerprint density at radius 3 is 2.31 bits per heavy atom. The number of amides is 2. The van der Waals surface area contributed by atoms with Gasteiger partial charge in [-0.25, -0.2) is 9.59 Å². The molecule has 2 fully saturated rings. The Bertz CT molecular complexity index is 1090. The van der Waals surface area contributed by atoms with Crippen molar-refractivity contribution < 1.29 is 29.3 Å². The quantitative estimate of drug-likeness (QED) is 0.588. The van der Waals surface area contributed by atoms with Crippen molar-refractivity contribution in [1.29, 1.82) is 0 Å². The normalized spacial score (nSPS) is 25.2. The molecule has 3 N–H and O–H groups in total. The average molecular weight is 479 g/mol. The molecule has 8 heteroatoms. The minimum absolute atomic E-state index is 0.0245. The van der Waals surface area contributed by atoms with E-state index in [9.17, 15) is 24.6 Å². The third-order valence-electron chi connectivity index (χ3n) is 7.68. The summed E-state index contributed by atoms with van der Waals surface area (Å²) in [5.41, 5.74) is 4.61. The maximum Gasteiger partial charge on any atom is 0.407 e. The fraction of sp³-hybridized carbons (Fsp3) is 0.444. The summed E-state index contributed by atoms with van der Waals surface area (Å²) >= 11 is 0. The summed E-state index contributed by atoms with van der Waals surface area (Å²) in [5.74, 6) is -1.82. The number of aliphatic hydroxyl groups excluding tert-OH is 1. The van der Waals surface area contributed by atoms with E-state index < -0.39 is 24.2 Å². The Hall–Kier alpha value is -3.39. The van der Waals surface area contributed by atoms with Gasteiger partial charge in [-0.05, 0) is 41.0 Å². The van der Waals surface area contributed by atoms with Gasteiger partial charge in [-0.3, -0.25) is 4.79 Å². The number of nitrogens with zero attached hydrogens (tertiary/aromatic N) is 1. The first kappa shape index (κ1) is 23.4. The van der Waals surface area contributed by atoms with E-state index in [-0.39, 0.29) is 43.2 Å². The Labute approximate surface area is 203 Å². The number of alkyl carbamates (subject to hydrolysis) is 1. The molecule has 0 spiro atoms. The number of likely N-dealkylation sites (tertiary alicyclic amines) is 1. The lowest BCUT2D eigenvalue weighted by atomic mass is 9.94. The van der Waals surface area contributed by atoms with E-state index in [1.807, 2.05) is 24.3 Å². The van der Waals surface area contributed by atoms with Gasteiger partial charge >= 0.3 is 12.1 Å². The van der Waals surface area contributed by atoms with Crippen molar-refractivity contribution in [3.8, 4) is 11.1 Å². The molecular formula is C27H30N2O6. The predicted molar refractivity (Wildman–Crippen MR) is 128 cm³/mol. The zero-order valence-corrected chi connectivity index (χ0v) is 19.4. The van der Waals surface area contributed by atoms with Gasteiger partial charge in [0.2, 0.25) is 5.91 Å². The second kappa shape index (κ2) is 9.70. The molecule has 0 aromatic heterocycles. The van der Waals surface area contributed by atoms with Gasteiger partial charge in [0.25, 0.3) is 0 Å². The molecule has 4 atom stereocenters. The highest BCUT2D eigenvalue weighted by Crippen LogP contribution is 2.44. The Balaban J connectivity index is 1.17. The average Bonchev–Trinajstić information content (AvgIpc) is 3.57. The summed E-state index contributed by atoms with van der Waals surface area (Å²) in [6.45, 7) is 0.554. The number of hydrogen-bond donors (Lipinski definition) is 3. The van der Waals surface area contributed by atoms with Crippen LogP contribution in [0.2, 0.25) is 0 Å². The highest BCUT2D eigenvalue weighted by atomic mass is 16.5. The molecule has 2 aliphatic carbocycles. The molecule has 8 nitrogen and oxygen atoms in total. The van der Waals surface area contributed by atoms with Crippen LogP contribution in [0.1, 0.15) is 42.7 Å². The van der Waals surface area contributed by atoms with Crippen molar-refractivity contribution in [2.24, 2.45) is 11.8 Å². The lowest BCUT2D eigenvalue weighted by Crippen LogP contribution is -2.45. The molecule has 2 aromatic rings. The molecule has 2 aromatic carbocycles. The maximum absolute atomic E-state index is 13.1. The predicted octanol–water partition coefficient (Wildman–Crippen LogP) is 2.99. The number of β-amino-alcohol motifs (C(OH)–C–C–N with tert-alkyl or cyclic N) is 1. The van der Waals surface area contributed by atoms with E-state index in [0.29, 0.717) is 13.0 Å². The van der Waals surface area contributed by atoms with Crippen LogP contribution in [-0.2, 0) is 14.3 Å². The van der Waals surface area contributed by atoms with E-state index in [2.05, 4.69) is 29.6 Å². The van der Waals surface area contributed by atoms with Crippen LogP contribution >= 0.6 is 0 Å². The minimum atomic E-state index is -1.10. The second-order valence-corrected chi connectivity index (χ2v) is 9.74. The van der Waals surface area contributed by atoms with Crippen molar-refractivity contribution in [2.45, 2.75) is 43.7 Å². The molecule has 184 valence electrons. The lowest BCUT2D eigenvalue weighted by Gasteiger charge is -2.27. The largest absolute Gasteiger partial charge is 0.480 e. The summed E-state index contributed by atoms with van der Waals surface area (Å²) in [5, 5.41) is 22.1. The van der Waals surface area contributed by atoms with Gasteiger partial charge in [-0.15, -0.1) is 0 Å². The minimum Gasteiger partial charge on any atom is -0.480 e.